The van der Waals surface area contributed by atoms with E-state index in [1.165, 1.54) is 18.4 Å². The van der Waals surface area contributed by atoms with Gasteiger partial charge in [-0.2, -0.15) is 0 Å². The number of carboxylic acid groups (broad SMARTS) is 1. The molecule has 0 aliphatic rings. The van der Waals surface area contributed by atoms with Gasteiger partial charge in [0.1, 0.15) is 5.94 Å². The van der Waals surface area contributed by atoms with E-state index in [1.807, 2.05) is 0 Å². The zero-order chi connectivity index (χ0) is 13.5. The Bertz CT molecular complexity index is 488. The molecular weight excluding hydrogens is 254 g/mol. The average molecular weight is 267 g/mol. The standard InChI is InChI=1S/C12H13NO4S/c1-8(3-5-14)13-12(17-2)11-9(4-6-18-11)7-10(15)16/h3-4,6,12-13H,1,7H2,2H3,(H,15,16). The molecule has 18 heavy (non-hydrogen) atoms. The molecule has 0 aromatic carbocycles. The van der Waals surface area contributed by atoms with E-state index in [9.17, 15) is 9.59 Å². The van der Waals surface area contributed by atoms with Gasteiger partial charge in [-0.25, -0.2) is 4.79 Å². The number of carbonyl (C=O) groups is 1. The molecule has 1 unspecified atom stereocenters. The number of nitrogens with one attached hydrogen (secondary N) is 1. The number of hydrogen-bond donors (Lipinski definition) is 2. The van der Waals surface area contributed by atoms with Gasteiger partial charge in [-0.3, -0.25) is 4.79 Å². The Labute approximate surface area is 108 Å². The summed E-state index contributed by atoms with van der Waals surface area (Å²) in [6.07, 6.45) is 0.545. The van der Waals surface area contributed by atoms with Crippen molar-refractivity contribution in [2.45, 2.75) is 12.6 Å². The van der Waals surface area contributed by atoms with Crippen molar-refractivity contribution >= 4 is 23.2 Å². The summed E-state index contributed by atoms with van der Waals surface area (Å²) >= 11 is 1.38. The van der Waals surface area contributed by atoms with Gasteiger partial charge in [0.2, 0.25) is 0 Å². The van der Waals surface area contributed by atoms with Gasteiger partial charge < -0.3 is 15.2 Å². The Hall–Kier alpha value is -1.88. The minimum atomic E-state index is -0.906. The fourth-order valence-corrected chi connectivity index (χ4v) is 2.35. The van der Waals surface area contributed by atoms with Gasteiger partial charge in [0, 0.05) is 18.9 Å². The zero-order valence-electron chi connectivity index (χ0n) is 9.80. The van der Waals surface area contributed by atoms with E-state index >= 15 is 0 Å². The lowest BCUT2D eigenvalue weighted by atomic mass is 10.1. The molecule has 96 valence electrons. The molecule has 1 atom stereocenters. The second-order valence-corrected chi connectivity index (χ2v) is 4.38. The molecule has 0 aliphatic carbocycles. The van der Waals surface area contributed by atoms with Crippen LogP contribution in [-0.2, 0) is 20.7 Å². The molecule has 2 N–H and O–H groups in total. The van der Waals surface area contributed by atoms with Gasteiger partial charge in [0.25, 0.3) is 0 Å². The third-order valence-corrected chi connectivity index (χ3v) is 3.15. The van der Waals surface area contributed by atoms with Crippen molar-refractivity contribution in [2.24, 2.45) is 0 Å². The number of carboxylic acids is 1. The summed E-state index contributed by atoms with van der Waals surface area (Å²) in [6.45, 7) is 3.61. The predicted octanol–water partition coefficient (Wildman–Crippen LogP) is 1.51. The Morgan fingerprint density at radius 1 is 1.78 bits per heavy atom. The Morgan fingerprint density at radius 3 is 3.06 bits per heavy atom. The van der Waals surface area contributed by atoms with Crippen LogP contribution in [0.25, 0.3) is 0 Å². The van der Waals surface area contributed by atoms with Crippen LogP contribution in [0.5, 0.6) is 0 Å². The molecule has 0 bridgehead atoms. The van der Waals surface area contributed by atoms with Crippen molar-refractivity contribution in [3.05, 3.63) is 40.2 Å². The quantitative estimate of drug-likeness (QED) is 0.445. The fourth-order valence-electron chi connectivity index (χ4n) is 1.40. The maximum atomic E-state index is 10.7. The summed E-state index contributed by atoms with van der Waals surface area (Å²) in [5.41, 5.74) is 1.03. The van der Waals surface area contributed by atoms with Gasteiger partial charge in [-0.05, 0) is 17.0 Å². The number of ether oxygens (including phenoxy) is 1. The first kappa shape index (κ1) is 14.2. The second kappa shape index (κ2) is 6.76. The number of aliphatic carboxylic acids is 1. The summed E-state index contributed by atoms with van der Waals surface area (Å²) in [4.78, 5) is 21.7. The molecule has 0 amide bonds. The molecule has 6 heteroatoms. The summed E-state index contributed by atoms with van der Waals surface area (Å²) in [7, 11) is 1.49. The lowest BCUT2D eigenvalue weighted by Gasteiger charge is -2.18. The monoisotopic (exact) mass is 267 g/mol. The van der Waals surface area contributed by atoms with Crippen molar-refractivity contribution < 1.29 is 19.4 Å². The maximum Gasteiger partial charge on any atom is 0.307 e. The maximum absolute atomic E-state index is 10.7. The Balaban J connectivity index is 2.88. The van der Waals surface area contributed by atoms with E-state index in [0.29, 0.717) is 11.3 Å². The number of rotatable bonds is 7. The molecule has 0 aliphatic heterocycles. The summed E-state index contributed by atoms with van der Waals surface area (Å²) in [6, 6.07) is 1.74. The van der Waals surface area contributed by atoms with E-state index in [0.717, 1.165) is 11.0 Å². The van der Waals surface area contributed by atoms with Crippen molar-refractivity contribution in [3.63, 3.8) is 0 Å². The fraction of sp³-hybridized carbons (Fsp3) is 0.250. The number of methoxy groups -OCH3 is 1. The van der Waals surface area contributed by atoms with Crippen molar-refractivity contribution in [2.75, 3.05) is 7.11 Å². The highest BCUT2D eigenvalue weighted by Crippen LogP contribution is 2.26. The highest BCUT2D eigenvalue weighted by atomic mass is 32.1. The van der Waals surface area contributed by atoms with Crippen LogP contribution in [0.3, 0.4) is 0 Å². The van der Waals surface area contributed by atoms with Crippen molar-refractivity contribution in [3.8, 4) is 0 Å². The highest BCUT2D eigenvalue weighted by molar-refractivity contribution is 7.10. The van der Waals surface area contributed by atoms with E-state index in [4.69, 9.17) is 9.84 Å². The molecule has 1 aromatic heterocycles. The average Bonchev–Trinajstić information content (AvgIpc) is 2.73. The van der Waals surface area contributed by atoms with Crippen LogP contribution >= 0.6 is 11.3 Å². The van der Waals surface area contributed by atoms with Gasteiger partial charge in [0.15, 0.2) is 6.23 Å². The van der Waals surface area contributed by atoms with Crippen molar-refractivity contribution in [1.29, 1.82) is 0 Å². The molecule has 1 aromatic rings. The highest BCUT2D eigenvalue weighted by Gasteiger charge is 2.17. The van der Waals surface area contributed by atoms with Crippen LogP contribution in [-0.4, -0.2) is 24.1 Å². The molecular formula is C12H13NO4S. The van der Waals surface area contributed by atoms with E-state index < -0.39 is 12.2 Å². The van der Waals surface area contributed by atoms with Crippen LogP contribution in [0.15, 0.2) is 29.8 Å². The third kappa shape index (κ3) is 3.85. The van der Waals surface area contributed by atoms with Crippen LogP contribution in [0.2, 0.25) is 0 Å². The summed E-state index contributed by atoms with van der Waals surface area (Å²) in [5.74, 6) is 0.699. The first-order valence-corrected chi connectivity index (χ1v) is 5.93. The SMILES string of the molecule is C=C(C=C=O)NC(OC)c1sccc1CC(=O)O. The van der Waals surface area contributed by atoms with Crippen LogP contribution in [0.1, 0.15) is 16.7 Å². The smallest absolute Gasteiger partial charge is 0.307 e. The van der Waals surface area contributed by atoms with Crippen LogP contribution in [0.4, 0.5) is 0 Å². The Morgan fingerprint density at radius 2 is 2.50 bits per heavy atom. The summed E-state index contributed by atoms with van der Waals surface area (Å²) in [5, 5.41) is 13.5. The molecule has 0 saturated carbocycles. The first-order chi connectivity index (χ1) is 8.58. The van der Waals surface area contributed by atoms with Crippen LogP contribution in [0, 0.1) is 0 Å². The van der Waals surface area contributed by atoms with E-state index in [-0.39, 0.29) is 6.42 Å². The van der Waals surface area contributed by atoms with Crippen molar-refractivity contribution in [1.82, 2.24) is 5.32 Å². The topological polar surface area (TPSA) is 75.6 Å². The first-order valence-electron chi connectivity index (χ1n) is 5.05. The number of hydrogen-bond acceptors (Lipinski definition) is 5. The molecule has 0 spiro atoms. The number of thiophene rings is 1. The van der Waals surface area contributed by atoms with Gasteiger partial charge >= 0.3 is 5.97 Å². The van der Waals surface area contributed by atoms with E-state index in [2.05, 4.69) is 11.9 Å². The van der Waals surface area contributed by atoms with Gasteiger partial charge in [-0.1, -0.05) is 6.58 Å². The Kier molecular flexibility index (Phi) is 5.32. The molecule has 1 rings (SSSR count). The molecule has 0 fully saturated rings. The zero-order valence-corrected chi connectivity index (χ0v) is 10.6. The minimum Gasteiger partial charge on any atom is -0.481 e. The lowest BCUT2D eigenvalue weighted by molar-refractivity contribution is -0.136. The van der Waals surface area contributed by atoms with Gasteiger partial charge in [0.05, 0.1) is 11.3 Å². The molecule has 0 radical (unpaired) electrons. The number of carbonyl (C=O) groups excluding carboxylic acids is 1. The van der Waals surface area contributed by atoms with Crippen LogP contribution < -0.4 is 5.32 Å². The molecule has 0 saturated heterocycles. The molecule has 1 heterocycles. The predicted molar refractivity (Wildman–Crippen MR) is 67.9 cm³/mol. The lowest BCUT2D eigenvalue weighted by Crippen LogP contribution is -2.21. The molecule has 5 nitrogen and oxygen atoms in total. The number of allylic oxidation sites excluding steroid dienone is 1. The third-order valence-electron chi connectivity index (χ3n) is 2.15. The van der Waals surface area contributed by atoms with E-state index in [1.54, 1.807) is 17.4 Å². The normalized spacial score (nSPS) is 11.4. The summed E-state index contributed by atoms with van der Waals surface area (Å²) < 4.78 is 5.23. The van der Waals surface area contributed by atoms with Gasteiger partial charge in [-0.15, -0.1) is 11.3 Å². The minimum absolute atomic E-state index is 0.0730. The largest absolute Gasteiger partial charge is 0.481 e. The second-order valence-electron chi connectivity index (χ2n) is 3.43.